The molecule has 0 aliphatic carbocycles. The minimum atomic E-state index is -1.25. The van der Waals surface area contributed by atoms with Gasteiger partial charge in [0.1, 0.15) is 29.2 Å². The molecule has 2 aliphatic rings. The number of halogens is 3. The molecule has 2 aromatic carbocycles. The number of anilines is 2. The molecular weight excluding hydrogens is 623 g/mol. The number of phenols is 1. The maximum atomic E-state index is 17.5. The Morgan fingerprint density at radius 2 is 1.69 bits per heavy atom. The zero-order valence-corrected chi connectivity index (χ0v) is 27.8. The highest BCUT2D eigenvalue weighted by molar-refractivity contribution is 6.05. The number of aromatic hydroxyl groups is 1. The Bertz CT molecular complexity index is 1980. The topological polar surface area (TPSA) is 108 Å². The zero-order valence-electron chi connectivity index (χ0n) is 27.8. The lowest BCUT2D eigenvalue weighted by atomic mass is 9.95. The minimum Gasteiger partial charge on any atom is -0.507 e. The molecule has 4 aromatic rings. The van der Waals surface area contributed by atoms with E-state index in [0.29, 0.717) is 17.8 Å². The van der Waals surface area contributed by atoms with Crippen LogP contribution in [-0.4, -0.2) is 74.2 Å². The SMILES string of the molecule is C=CC(=O)N1CC2CCN(C)c3c(F)c(-c4c(O)cccc4F)c(F)c4c3c(nc(=O)n4-c3c(C(C)C)ncnc3C(C)C)N2CC1C. The summed E-state index contributed by atoms with van der Waals surface area (Å²) < 4.78 is 51.1. The predicted molar refractivity (Wildman–Crippen MR) is 178 cm³/mol. The van der Waals surface area contributed by atoms with E-state index in [4.69, 9.17) is 0 Å². The van der Waals surface area contributed by atoms with Gasteiger partial charge in [0.05, 0.1) is 39.3 Å². The number of rotatable bonds is 5. The van der Waals surface area contributed by atoms with Crippen LogP contribution >= 0.6 is 0 Å². The molecule has 10 nitrogen and oxygen atoms in total. The van der Waals surface area contributed by atoms with Crippen LogP contribution in [0.25, 0.3) is 27.7 Å². The largest absolute Gasteiger partial charge is 0.507 e. The number of hydrogen-bond donors (Lipinski definition) is 1. The highest BCUT2D eigenvalue weighted by Crippen LogP contribution is 2.47. The van der Waals surface area contributed by atoms with E-state index in [-0.39, 0.29) is 77.6 Å². The second-order valence-electron chi connectivity index (χ2n) is 13.1. The quantitative estimate of drug-likeness (QED) is 0.274. The maximum Gasteiger partial charge on any atom is 0.354 e. The molecule has 0 spiro atoms. The van der Waals surface area contributed by atoms with Gasteiger partial charge in [-0.3, -0.25) is 9.36 Å². The van der Waals surface area contributed by atoms with Crippen molar-refractivity contribution in [1.82, 2.24) is 24.4 Å². The Labute approximate surface area is 276 Å². The van der Waals surface area contributed by atoms with Gasteiger partial charge in [-0.1, -0.05) is 40.3 Å². The van der Waals surface area contributed by atoms with Gasteiger partial charge in [-0.15, -0.1) is 0 Å². The summed E-state index contributed by atoms with van der Waals surface area (Å²) in [4.78, 5) is 45.8. The van der Waals surface area contributed by atoms with Crippen molar-refractivity contribution >= 4 is 28.3 Å². The van der Waals surface area contributed by atoms with Crippen molar-refractivity contribution in [2.24, 2.45) is 0 Å². The molecule has 252 valence electrons. The Kier molecular flexibility index (Phi) is 8.42. The molecule has 1 N–H and O–H groups in total. The van der Waals surface area contributed by atoms with Crippen molar-refractivity contribution in [3.8, 4) is 22.6 Å². The summed E-state index contributed by atoms with van der Waals surface area (Å²) in [6.07, 6.45) is 3.06. The van der Waals surface area contributed by atoms with Gasteiger partial charge in [-0.25, -0.2) is 27.9 Å². The van der Waals surface area contributed by atoms with E-state index in [1.54, 1.807) is 16.8 Å². The average molecular weight is 662 g/mol. The second kappa shape index (κ2) is 12.3. The van der Waals surface area contributed by atoms with E-state index in [1.165, 1.54) is 18.5 Å². The fourth-order valence-electron chi connectivity index (χ4n) is 7.04. The third-order valence-corrected chi connectivity index (χ3v) is 9.36. The van der Waals surface area contributed by atoms with Gasteiger partial charge in [-0.05, 0) is 43.4 Å². The average Bonchev–Trinajstić information content (AvgIpc) is 3.03. The van der Waals surface area contributed by atoms with Gasteiger partial charge in [0.2, 0.25) is 5.91 Å². The molecule has 1 amide bonds. The summed E-state index contributed by atoms with van der Waals surface area (Å²) >= 11 is 0. The fourth-order valence-corrected chi connectivity index (χ4v) is 7.04. The zero-order chi connectivity index (χ0) is 34.8. The number of benzene rings is 2. The maximum absolute atomic E-state index is 17.5. The lowest BCUT2D eigenvalue weighted by Gasteiger charge is -2.47. The van der Waals surface area contributed by atoms with Gasteiger partial charge >= 0.3 is 5.69 Å². The molecule has 6 rings (SSSR count). The van der Waals surface area contributed by atoms with Gasteiger partial charge in [-0.2, -0.15) is 4.98 Å². The summed E-state index contributed by atoms with van der Waals surface area (Å²) in [6, 6.07) is 2.68. The van der Waals surface area contributed by atoms with E-state index in [1.807, 2.05) is 39.5 Å². The third kappa shape index (κ3) is 5.06. The first-order chi connectivity index (χ1) is 22.8. The van der Waals surface area contributed by atoms with Gasteiger partial charge in [0.15, 0.2) is 11.6 Å². The lowest BCUT2D eigenvalue weighted by Crippen LogP contribution is -2.60. The molecular formula is C35H38F3N7O3. The smallest absolute Gasteiger partial charge is 0.354 e. The van der Waals surface area contributed by atoms with Gasteiger partial charge in [0, 0.05) is 38.8 Å². The molecule has 13 heteroatoms. The summed E-state index contributed by atoms with van der Waals surface area (Å²) in [7, 11) is 1.62. The molecule has 2 aliphatic heterocycles. The van der Waals surface area contributed by atoms with Crippen molar-refractivity contribution in [2.75, 3.05) is 36.5 Å². The number of phenolic OH excluding ortho intramolecular Hbond substituents is 1. The van der Waals surface area contributed by atoms with Crippen LogP contribution in [-0.2, 0) is 4.79 Å². The van der Waals surface area contributed by atoms with Crippen molar-refractivity contribution in [2.45, 2.75) is 65.0 Å². The predicted octanol–water partition coefficient (Wildman–Crippen LogP) is 5.64. The fraction of sp³-hybridized carbons (Fsp3) is 0.400. The first-order valence-electron chi connectivity index (χ1n) is 16.0. The Balaban J connectivity index is 1.83. The van der Waals surface area contributed by atoms with Crippen LogP contribution in [0.5, 0.6) is 5.75 Å². The van der Waals surface area contributed by atoms with Crippen LogP contribution in [0.15, 0.2) is 42.0 Å². The van der Waals surface area contributed by atoms with E-state index in [9.17, 15) is 14.7 Å². The monoisotopic (exact) mass is 661 g/mol. The Morgan fingerprint density at radius 3 is 2.29 bits per heavy atom. The molecule has 2 aromatic heterocycles. The summed E-state index contributed by atoms with van der Waals surface area (Å²) in [5, 5.41) is 10.8. The first-order valence-corrected chi connectivity index (χ1v) is 16.0. The molecule has 2 atom stereocenters. The normalized spacial score (nSPS) is 17.9. The Morgan fingerprint density at radius 1 is 1.02 bits per heavy atom. The number of amides is 1. The number of hydrogen-bond acceptors (Lipinski definition) is 8. The van der Waals surface area contributed by atoms with E-state index in [2.05, 4.69) is 21.5 Å². The summed E-state index contributed by atoms with van der Waals surface area (Å²) in [6.45, 7) is 13.7. The van der Waals surface area contributed by atoms with Crippen molar-refractivity contribution in [3.63, 3.8) is 0 Å². The molecule has 2 unspecified atom stereocenters. The van der Waals surface area contributed by atoms with Crippen LogP contribution < -0.4 is 15.5 Å². The van der Waals surface area contributed by atoms with Gasteiger partial charge in [0.25, 0.3) is 0 Å². The molecule has 1 fully saturated rings. The molecule has 48 heavy (non-hydrogen) atoms. The summed E-state index contributed by atoms with van der Waals surface area (Å²) in [5.41, 5.74) is -1.71. The molecule has 0 radical (unpaired) electrons. The second-order valence-corrected chi connectivity index (χ2v) is 13.1. The van der Waals surface area contributed by atoms with E-state index >= 15 is 13.2 Å². The van der Waals surface area contributed by atoms with Crippen LogP contribution in [0.3, 0.4) is 0 Å². The summed E-state index contributed by atoms with van der Waals surface area (Å²) in [5.74, 6) is -4.76. The molecule has 0 saturated carbocycles. The van der Waals surface area contributed by atoms with E-state index < -0.39 is 40.0 Å². The molecule has 1 saturated heterocycles. The van der Waals surface area contributed by atoms with Crippen molar-refractivity contribution < 1.29 is 23.1 Å². The van der Waals surface area contributed by atoms with Crippen LogP contribution in [0, 0.1) is 17.5 Å². The molecule has 4 heterocycles. The first kappa shape index (κ1) is 33.0. The number of aromatic nitrogens is 4. The van der Waals surface area contributed by atoms with Crippen molar-refractivity contribution in [1.29, 1.82) is 0 Å². The van der Waals surface area contributed by atoms with E-state index in [0.717, 1.165) is 16.7 Å². The van der Waals surface area contributed by atoms with Crippen LogP contribution in [0.2, 0.25) is 0 Å². The highest BCUT2D eigenvalue weighted by atomic mass is 19.1. The standard InChI is InChI=1S/C35H38F3N7O3/c1-8-23(47)43-15-20-12-13-42(7)31-26-32(28(38)25(27(31)37)24-21(36)10-9-11-22(24)46)45(35(48)41-34(26)44(20)14-19(43)6)33-29(17(2)3)39-16-40-30(33)18(4)5/h8-11,16-20,46H,1,12-15H2,2-7H3. The number of piperazine rings is 1. The van der Waals surface area contributed by atoms with Crippen molar-refractivity contribution in [3.05, 3.63) is 76.5 Å². The minimum absolute atomic E-state index is 0.000316. The van der Waals surface area contributed by atoms with Gasteiger partial charge < -0.3 is 19.8 Å². The van der Waals surface area contributed by atoms with Crippen LogP contribution in [0.4, 0.5) is 24.7 Å². The third-order valence-electron chi connectivity index (χ3n) is 9.36. The number of nitrogens with zero attached hydrogens (tertiary/aromatic N) is 7. The number of carbonyl (C=O) groups excluding carboxylic acids is 1. The highest BCUT2D eigenvalue weighted by Gasteiger charge is 2.40. The lowest BCUT2D eigenvalue weighted by molar-refractivity contribution is -0.128. The number of carbonyl (C=O) groups is 1. The molecule has 0 bridgehead atoms. The Hall–Kier alpha value is -4.94. The van der Waals surface area contributed by atoms with Crippen LogP contribution in [0.1, 0.15) is 64.3 Å². The number of fused-ring (bicyclic) bond motifs is 2.